The maximum Gasteiger partial charge on any atom is 0.255 e. The molecule has 0 unspecified atom stereocenters. The number of hydrogen-bond acceptors (Lipinski definition) is 8. The van der Waals surface area contributed by atoms with Gasteiger partial charge in [-0.15, -0.1) is 24.8 Å². The summed E-state index contributed by atoms with van der Waals surface area (Å²) in [6, 6.07) is 26.0. The van der Waals surface area contributed by atoms with Crippen molar-refractivity contribution < 1.29 is 4.79 Å². The number of nitrogens with two attached hydrogens (primary N) is 2. The largest absolute Gasteiger partial charge is 0.383 e. The molecule has 188 valence electrons. The average molecular weight is 535 g/mol. The zero-order chi connectivity index (χ0) is 24.2. The van der Waals surface area contributed by atoms with Crippen molar-refractivity contribution in [1.29, 1.82) is 0 Å². The zero-order valence-electron chi connectivity index (χ0n) is 19.4. The van der Waals surface area contributed by atoms with E-state index in [9.17, 15) is 4.79 Å². The van der Waals surface area contributed by atoms with Crippen LogP contribution in [0.15, 0.2) is 91.1 Å². The van der Waals surface area contributed by atoms with E-state index in [1.807, 2.05) is 54.6 Å². The molecule has 0 bridgehead atoms. The second kappa shape index (κ2) is 11.9. The Labute approximate surface area is 225 Å². The number of rotatable bonds is 6. The van der Waals surface area contributed by atoms with Crippen LogP contribution in [-0.2, 0) is 0 Å². The van der Waals surface area contributed by atoms with Gasteiger partial charge in [0, 0.05) is 46.0 Å². The van der Waals surface area contributed by atoms with Crippen molar-refractivity contribution in [2.24, 2.45) is 0 Å². The van der Waals surface area contributed by atoms with E-state index in [-0.39, 0.29) is 42.5 Å². The van der Waals surface area contributed by atoms with Crippen LogP contribution in [0.1, 0.15) is 10.4 Å². The van der Waals surface area contributed by atoms with Crippen molar-refractivity contribution in [2.75, 3.05) is 27.4 Å². The highest BCUT2D eigenvalue weighted by molar-refractivity contribution is 6.04. The number of hydrogen-bond donors (Lipinski definition) is 5. The lowest BCUT2D eigenvalue weighted by Gasteiger charge is -2.11. The number of benzene rings is 3. The molecule has 0 radical (unpaired) electrons. The Balaban J connectivity index is 0.00000190. The summed E-state index contributed by atoms with van der Waals surface area (Å²) in [7, 11) is 0. The van der Waals surface area contributed by atoms with Gasteiger partial charge in [0.1, 0.15) is 11.6 Å². The van der Waals surface area contributed by atoms with Crippen LogP contribution in [0, 0.1) is 0 Å². The molecule has 5 rings (SSSR count). The van der Waals surface area contributed by atoms with Crippen molar-refractivity contribution in [3.8, 4) is 0 Å². The molecule has 0 saturated heterocycles. The van der Waals surface area contributed by atoms with Crippen LogP contribution in [0.4, 0.5) is 40.3 Å². The molecule has 0 spiro atoms. The quantitative estimate of drug-likeness (QED) is 0.184. The van der Waals surface area contributed by atoms with E-state index in [2.05, 4.69) is 30.9 Å². The molecule has 0 aliphatic carbocycles. The Morgan fingerprint density at radius 1 is 0.730 bits per heavy atom. The summed E-state index contributed by atoms with van der Waals surface area (Å²) in [5.41, 5.74) is 16.0. The maximum atomic E-state index is 12.7. The lowest BCUT2D eigenvalue weighted by Crippen LogP contribution is -2.11. The van der Waals surface area contributed by atoms with E-state index in [1.165, 1.54) is 0 Å². The summed E-state index contributed by atoms with van der Waals surface area (Å²) in [6.07, 6.45) is 1.78. The van der Waals surface area contributed by atoms with Crippen molar-refractivity contribution in [3.63, 3.8) is 0 Å². The average Bonchev–Trinajstić information content (AvgIpc) is 2.85. The second-order valence-corrected chi connectivity index (χ2v) is 7.77. The van der Waals surface area contributed by atoms with Crippen molar-refractivity contribution in [2.45, 2.75) is 0 Å². The minimum absolute atomic E-state index is 0. The third kappa shape index (κ3) is 6.54. The van der Waals surface area contributed by atoms with Gasteiger partial charge >= 0.3 is 0 Å². The fourth-order valence-electron chi connectivity index (χ4n) is 3.60. The van der Waals surface area contributed by atoms with E-state index in [4.69, 9.17) is 11.5 Å². The Hall–Kier alpha value is -4.60. The van der Waals surface area contributed by atoms with Crippen LogP contribution in [-0.4, -0.2) is 20.9 Å². The van der Waals surface area contributed by atoms with Gasteiger partial charge < -0.3 is 27.4 Å². The molecule has 0 saturated carbocycles. The number of nitrogens with zero attached hydrogens (tertiary/aromatic N) is 3. The Morgan fingerprint density at radius 3 is 2.11 bits per heavy atom. The number of carbonyl (C=O) groups excluding carboxylic acids is 1. The number of aromatic nitrogens is 3. The normalized spacial score (nSPS) is 10.1. The van der Waals surface area contributed by atoms with E-state index in [0.717, 1.165) is 28.0 Å². The fraction of sp³-hybridized carbons (Fsp3) is 0. The molecule has 0 aliphatic heterocycles. The molecule has 0 atom stereocenters. The van der Waals surface area contributed by atoms with Crippen LogP contribution < -0.4 is 27.4 Å². The van der Waals surface area contributed by atoms with E-state index < -0.39 is 0 Å². The molecule has 0 fully saturated rings. The molecule has 2 aromatic heterocycles. The van der Waals surface area contributed by atoms with Gasteiger partial charge in [0.15, 0.2) is 0 Å². The van der Waals surface area contributed by atoms with Gasteiger partial charge in [0.2, 0.25) is 5.95 Å². The van der Waals surface area contributed by atoms with E-state index >= 15 is 0 Å². The highest BCUT2D eigenvalue weighted by atomic mass is 35.5. The van der Waals surface area contributed by atoms with Crippen LogP contribution in [0.5, 0.6) is 0 Å². The summed E-state index contributed by atoms with van der Waals surface area (Å²) in [6.45, 7) is 0. The molecule has 37 heavy (non-hydrogen) atoms. The van der Waals surface area contributed by atoms with Gasteiger partial charge in [-0.3, -0.25) is 9.78 Å². The predicted molar refractivity (Wildman–Crippen MR) is 154 cm³/mol. The SMILES string of the molecule is Cl.Cl.Nc1cc(Nc2ccc(C(=O)Nc3ccc(Nc4ccnc5ccccc45)cc3)cc2)nc(N)n1. The Morgan fingerprint density at radius 2 is 1.38 bits per heavy atom. The smallest absolute Gasteiger partial charge is 0.255 e. The van der Waals surface area contributed by atoms with Crippen LogP contribution in [0.3, 0.4) is 0 Å². The van der Waals surface area contributed by atoms with Gasteiger partial charge in [-0.2, -0.15) is 9.97 Å². The molecular weight excluding hydrogens is 511 g/mol. The number of para-hydroxylation sites is 1. The molecule has 7 N–H and O–H groups in total. The first kappa shape index (κ1) is 27.0. The number of fused-ring (bicyclic) bond motifs is 1. The minimum Gasteiger partial charge on any atom is -0.383 e. The predicted octanol–water partition coefficient (Wildman–Crippen LogP) is 5.77. The lowest BCUT2D eigenvalue weighted by atomic mass is 10.1. The number of nitrogen functional groups attached to an aromatic ring is 2. The van der Waals surface area contributed by atoms with Crippen LogP contribution in [0.25, 0.3) is 10.9 Å². The third-order valence-electron chi connectivity index (χ3n) is 5.25. The minimum atomic E-state index is -0.215. The van der Waals surface area contributed by atoms with Gasteiger partial charge in [-0.1, -0.05) is 18.2 Å². The number of amides is 1. The first-order chi connectivity index (χ1) is 17.0. The fourth-order valence-corrected chi connectivity index (χ4v) is 3.60. The van der Waals surface area contributed by atoms with Gasteiger partial charge in [0.05, 0.1) is 5.52 Å². The topological polar surface area (TPSA) is 144 Å². The maximum absolute atomic E-state index is 12.7. The molecule has 5 aromatic rings. The second-order valence-electron chi connectivity index (χ2n) is 7.77. The number of halogens is 2. The standard InChI is InChI=1S/C26H22N8O.2ClH/c27-23-15-24(34-26(28)33-23)31-18-7-5-16(6-8-18)25(35)32-19-11-9-17(10-12-19)30-22-13-14-29-21-4-2-1-3-20(21)22;;/h1-15H,(H,29,30)(H,32,35)(H5,27,28,31,33,34);2*1H. The first-order valence-corrected chi connectivity index (χ1v) is 10.8. The number of pyridine rings is 1. The van der Waals surface area contributed by atoms with Gasteiger partial charge in [-0.25, -0.2) is 0 Å². The summed E-state index contributed by atoms with van der Waals surface area (Å²) in [5, 5.41) is 10.4. The van der Waals surface area contributed by atoms with Crippen molar-refractivity contribution in [1.82, 2.24) is 15.0 Å². The lowest BCUT2D eigenvalue weighted by molar-refractivity contribution is 0.102. The number of carbonyl (C=O) groups is 1. The summed E-state index contributed by atoms with van der Waals surface area (Å²) in [5.74, 6) is 0.610. The molecule has 1 amide bonds. The van der Waals surface area contributed by atoms with Crippen LogP contribution >= 0.6 is 24.8 Å². The van der Waals surface area contributed by atoms with Crippen LogP contribution in [0.2, 0.25) is 0 Å². The summed E-state index contributed by atoms with van der Waals surface area (Å²) < 4.78 is 0. The van der Waals surface area contributed by atoms with Crippen molar-refractivity contribution in [3.05, 3.63) is 96.7 Å². The molecule has 2 heterocycles. The molecular formula is C26H24Cl2N8O. The molecule has 3 aromatic carbocycles. The summed E-state index contributed by atoms with van der Waals surface area (Å²) in [4.78, 5) is 25.0. The highest BCUT2D eigenvalue weighted by Crippen LogP contribution is 2.26. The number of anilines is 7. The molecule has 11 heteroatoms. The van der Waals surface area contributed by atoms with Gasteiger partial charge in [0.25, 0.3) is 5.91 Å². The first-order valence-electron chi connectivity index (χ1n) is 10.8. The highest BCUT2D eigenvalue weighted by Gasteiger charge is 2.08. The van der Waals surface area contributed by atoms with E-state index in [0.29, 0.717) is 17.1 Å². The number of nitrogens with one attached hydrogen (secondary N) is 3. The van der Waals surface area contributed by atoms with Gasteiger partial charge in [-0.05, 0) is 60.7 Å². The Kier molecular flexibility index (Phi) is 8.68. The van der Waals surface area contributed by atoms with Crippen molar-refractivity contribution >= 4 is 82.0 Å². The zero-order valence-corrected chi connectivity index (χ0v) is 21.0. The van der Waals surface area contributed by atoms with E-state index in [1.54, 1.807) is 36.5 Å². The molecule has 9 nitrogen and oxygen atoms in total. The summed E-state index contributed by atoms with van der Waals surface area (Å²) >= 11 is 0. The Bertz CT molecular complexity index is 1490. The monoisotopic (exact) mass is 534 g/mol. The molecule has 0 aliphatic rings. The third-order valence-corrected chi connectivity index (χ3v) is 5.25.